The van der Waals surface area contributed by atoms with E-state index in [0.717, 1.165) is 4.90 Å². The van der Waals surface area contributed by atoms with Crippen LogP contribution in [0.25, 0.3) is 6.08 Å². The Balaban J connectivity index is 1.78. The first-order chi connectivity index (χ1) is 14.3. The highest BCUT2D eigenvalue weighted by Gasteiger charge is 2.37. The van der Waals surface area contributed by atoms with Crippen LogP contribution in [-0.2, 0) is 9.59 Å². The molecule has 0 aliphatic carbocycles. The molecular weight excluding hydrogens is 528 g/mol. The summed E-state index contributed by atoms with van der Waals surface area (Å²) in [5.74, 6) is -0.826. The number of amides is 4. The largest absolute Gasteiger partial charge is 0.503 e. The Hall–Kier alpha value is -3.05. The summed E-state index contributed by atoms with van der Waals surface area (Å²) in [5.41, 5.74) is 0.298. The molecule has 2 aromatic carbocycles. The number of fused-ring (bicyclic) bond motifs is 1. The van der Waals surface area contributed by atoms with E-state index in [9.17, 15) is 19.5 Å². The van der Waals surface area contributed by atoms with Gasteiger partial charge in [0, 0.05) is 10.5 Å². The molecule has 2 aromatic rings. The van der Waals surface area contributed by atoms with E-state index in [1.54, 1.807) is 6.07 Å². The molecule has 0 unspecified atom stereocenters. The summed E-state index contributed by atoms with van der Waals surface area (Å²) < 4.78 is 16.3. The summed E-state index contributed by atoms with van der Waals surface area (Å²) in [6, 6.07) is 5.11. The highest BCUT2D eigenvalue weighted by atomic mass is 79.9. The smallest absolute Gasteiger partial charge is 0.335 e. The number of methoxy groups -OCH3 is 1. The summed E-state index contributed by atoms with van der Waals surface area (Å²) in [5, 5.41) is 12.2. The topological polar surface area (TPSA) is 114 Å². The highest BCUT2D eigenvalue weighted by molar-refractivity contribution is 9.13. The van der Waals surface area contributed by atoms with E-state index >= 15 is 0 Å². The molecule has 2 heterocycles. The number of ether oxygens (including phenoxy) is 3. The lowest BCUT2D eigenvalue weighted by Gasteiger charge is -2.26. The minimum Gasteiger partial charge on any atom is -0.503 e. The average molecular weight is 540 g/mol. The van der Waals surface area contributed by atoms with Crippen molar-refractivity contribution in [3.63, 3.8) is 0 Å². The molecule has 0 spiro atoms. The molecule has 9 nitrogen and oxygen atoms in total. The van der Waals surface area contributed by atoms with Crippen LogP contribution in [-0.4, -0.2) is 36.9 Å². The fourth-order valence-electron chi connectivity index (χ4n) is 2.94. The van der Waals surface area contributed by atoms with Crippen molar-refractivity contribution >= 4 is 61.5 Å². The van der Waals surface area contributed by atoms with Gasteiger partial charge in [-0.15, -0.1) is 0 Å². The van der Waals surface area contributed by atoms with Crippen LogP contribution in [0, 0.1) is 0 Å². The molecule has 4 amide bonds. The molecule has 2 N–H and O–H groups in total. The summed E-state index contributed by atoms with van der Waals surface area (Å²) in [6.07, 6.45) is 1.29. The van der Waals surface area contributed by atoms with Gasteiger partial charge < -0.3 is 19.3 Å². The molecule has 2 aliphatic heterocycles. The van der Waals surface area contributed by atoms with E-state index in [2.05, 4.69) is 37.2 Å². The first kappa shape index (κ1) is 20.2. The van der Waals surface area contributed by atoms with E-state index in [-0.39, 0.29) is 34.0 Å². The van der Waals surface area contributed by atoms with Gasteiger partial charge in [0.25, 0.3) is 11.8 Å². The van der Waals surface area contributed by atoms with Gasteiger partial charge in [0.15, 0.2) is 23.0 Å². The predicted octanol–water partition coefficient (Wildman–Crippen LogP) is 3.32. The molecule has 30 heavy (non-hydrogen) atoms. The fourth-order valence-corrected chi connectivity index (χ4v) is 3.79. The Morgan fingerprint density at radius 3 is 2.60 bits per heavy atom. The first-order valence-electron chi connectivity index (χ1n) is 8.38. The Morgan fingerprint density at radius 1 is 1.13 bits per heavy atom. The molecule has 11 heteroatoms. The van der Waals surface area contributed by atoms with Gasteiger partial charge in [-0.3, -0.25) is 14.9 Å². The van der Waals surface area contributed by atoms with Crippen LogP contribution in [0.1, 0.15) is 5.56 Å². The van der Waals surface area contributed by atoms with Gasteiger partial charge in [-0.2, -0.15) is 0 Å². The molecule has 1 fully saturated rings. The van der Waals surface area contributed by atoms with Crippen LogP contribution >= 0.6 is 31.9 Å². The van der Waals surface area contributed by atoms with Crippen molar-refractivity contribution in [3.05, 3.63) is 44.3 Å². The van der Waals surface area contributed by atoms with Crippen LogP contribution in [0.5, 0.6) is 23.0 Å². The molecule has 0 aromatic heterocycles. The number of phenols is 1. The quantitative estimate of drug-likeness (QED) is 0.454. The van der Waals surface area contributed by atoms with E-state index in [4.69, 9.17) is 14.2 Å². The van der Waals surface area contributed by atoms with Crippen molar-refractivity contribution < 1.29 is 33.7 Å². The fraction of sp³-hybridized carbons (Fsp3) is 0.105. The molecule has 0 bridgehead atoms. The summed E-state index contributed by atoms with van der Waals surface area (Å²) in [6.45, 7) is 0.0359. The summed E-state index contributed by atoms with van der Waals surface area (Å²) in [4.78, 5) is 38.7. The number of benzene rings is 2. The van der Waals surface area contributed by atoms with Gasteiger partial charge in [-0.05, 0) is 61.7 Å². The third-order valence-electron chi connectivity index (χ3n) is 4.41. The van der Waals surface area contributed by atoms with Gasteiger partial charge in [-0.1, -0.05) is 0 Å². The monoisotopic (exact) mass is 538 g/mol. The maximum absolute atomic E-state index is 13.1. The van der Waals surface area contributed by atoms with Crippen molar-refractivity contribution in [1.29, 1.82) is 0 Å². The van der Waals surface area contributed by atoms with Crippen molar-refractivity contribution in [1.82, 2.24) is 5.32 Å². The number of carbonyl (C=O) groups is 3. The number of nitrogens with zero attached hydrogens (tertiary/aromatic N) is 1. The number of phenolic OH excluding ortho intramolecular Hbond substituents is 1. The van der Waals surface area contributed by atoms with Crippen LogP contribution in [0.2, 0.25) is 0 Å². The lowest BCUT2D eigenvalue weighted by atomic mass is 10.1. The number of rotatable bonds is 3. The number of urea groups is 1. The number of barbiturate groups is 1. The molecule has 0 saturated carbocycles. The molecule has 4 rings (SSSR count). The average Bonchev–Trinajstić information content (AvgIpc) is 3.18. The predicted molar refractivity (Wildman–Crippen MR) is 112 cm³/mol. The van der Waals surface area contributed by atoms with Crippen molar-refractivity contribution in [3.8, 4) is 23.0 Å². The highest BCUT2D eigenvalue weighted by Crippen LogP contribution is 2.43. The standard InChI is InChI=1S/C19H12Br2N2O7/c1-28-13-5-8(14(20)15(21)16(13)24)4-10-17(25)22-19(27)23(18(10)26)9-2-3-11-12(6-9)30-7-29-11/h2-6,24H,7H2,1H3,(H,22,25,27)/b10-4+. The maximum Gasteiger partial charge on any atom is 0.335 e. The van der Waals surface area contributed by atoms with Gasteiger partial charge in [0.1, 0.15) is 5.57 Å². The third-order valence-corrected chi connectivity index (χ3v) is 6.57. The van der Waals surface area contributed by atoms with E-state index in [1.807, 2.05) is 0 Å². The van der Waals surface area contributed by atoms with Crippen LogP contribution in [0.4, 0.5) is 10.5 Å². The number of aromatic hydroxyl groups is 1. The zero-order valence-electron chi connectivity index (χ0n) is 15.2. The van der Waals surface area contributed by atoms with E-state index in [0.29, 0.717) is 21.5 Å². The second-order valence-electron chi connectivity index (χ2n) is 6.14. The molecule has 0 atom stereocenters. The number of hydrogen-bond donors (Lipinski definition) is 2. The van der Waals surface area contributed by atoms with Crippen LogP contribution in [0.15, 0.2) is 38.8 Å². The lowest BCUT2D eigenvalue weighted by Crippen LogP contribution is -2.54. The number of imide groups is 2. The normalized spacial score (nSPS) is 16.8. The number of nitrogens with one attached hydrogen (secondary N) is 1. The van der Waals surface area contributed by atoms with Crippen LogP contribution < -0.4 is 24.4 Å². The Kier molecular flexibility index (Phi) is 5.16. The lowest BCUT2D eigenvalue weighted by molar-refractivity contribution is -0.122. The Labute approximate surface area is 186 Å². The minimum absolute atomic E-state index is 0.0359. The van der Waals surface area contributed by atoms with Gasteiger partial charge >= 0.3 is 6.03 Å². The van der Waals surface area contributed by atoms with Crippen molar-refractivity contribution in [2.45, 2.75) is 0 Å². The molecule has 0 radical (unpaired) electrons. The maximum atomic E-state index is 13.1. The summed E-state index contributed by atoms with van der Waals surface area (Å²) in [7, 11) is 1.37. The number of carbonyl (C=O) groups excluding carboxylic acids is 3. The van der Waals surface area contributed by atoms with Gasteiger partial charge in [-0.25, -0.2) is 9.69 Å². The SMILES string of the molecule is COc1cc(/C=C2\C(=O)NC(=O)N(c3ccc4c(c3)OCO4)C2=O)c(Br)c(Br)c1O. The van der Waals surface area contributed by atoms with Gasteiger partial charge in [0.05, 0.1) is 17.3 Å². The van der Waals surface area contributed by atoms with E-state index < -0.39 is 17.8 Å². The van der Waals surface area contributed by atoms with E-state index in [1.165, 1.54) is 31.4 Å². The molecular formula is C19H12Br2N2O7. The molecule has 2 aliphatic rings. The molecule has 1 saturated heterocycles. The number of anilines is 1. The van der Waals surface area contributed by atoms with Crippen molar-refractivity contribution in [2.24, 2.45) is 0 Å². The summed E-state index contributed by atoms with van der Waals surface area (Å²) >= 11 is 6.53. The minimum atomic E-state index is -0.885. The van der Waals surface area contributed by atoms with Crippen molar-refractivity contribution in [2.75, 3.05) is 18.8 Å². The number of halogens is 2. The second-order valence-corrected chi connectivity index (χ2v) is 7.73. The van der Waals surface area contributed by atoms with Gasteiger partial charge in [0.2, 0.25) is 6.79 Å². The zero-order chi connectivity index (χ0) is 21.6. The third kappa shape index (κ3) is 3.29. The molecule has 154 valence electrons. The second kappa shape index (κ2) is 7.65. The Morgan fingerprint density at radius 2 is 1.87 bits per heavy atom. The van der Waals surface area contributed by atoms with Crippen LogP contribution in [0.3, 0.4) is 0 Å². The zero-order valence-corrected chi connectivity index (χ0v) is 18.4. The number of hydrogen-bond acceptors (Lipinski definition) is 7. The Bertz CT molecular complexity index is 1150. The first-order valence-corrected chi connectivity index (χ1v) is 9.96.